The van der Waals surface area contributed by atoms with Crippen LogP contribution < -0.4 is 10.5 Å². The fourth-order valence-corrected chi connectivity index (χ4v) is 4.32. The van der Waals surface area contributed by atoms with Crippen LogP contribution in [0.15, 0.2) is 60.7 Å². The second-order valence-corrected chi connectivity index (χ2v) is 8.15. The number of fused-ring (bicyclic) bond motifs is 3. The minimum atomic E-state index is -4.75. The van der Waals surface area contributed by atoms with Gasteiger partial charge in [-0.05, 0) is 54.3 Å². The molecular weight excluding hydrogens is 429 g/mol. The van der Waals surface area contributed by atoms with Gasteiger partial charge in [-0.15, -0.1) is 13.2 Å². The van der Waals surface area contributed by atoms with Gasteiger partial charge in [0.2, 0.25) is 5.91 Å². The summed E-state index contributed by atoms with van der Waals surface area (Å²) in [7, 11) is 0. The van der Waals surface area contributed by atoms with E-state index in [1.54, 1.807) is 18.2 Å². The topological polar surface area (TPSA) is 57.2 Å². The van der Waals surface area contributed by atoms with Crippen LogP contribution in [0.2, 0.25) is 0 Å². The number of nitrogens with zero attached hydrogens (tertiary/aromatic N) is 1. The van der Waals surface area contributed by atoms with Crippen LogP contribution in [0.4, 0.5) is 13.2 Å². The number of carbonyl (C=O) groups excluding carboxylic acids is 1. The molecule has 2 N–H and O–H groups in total. The zero-order valence-electron chi connectivity index (χ0n) is 18.3. The second kappa shape index (κ2) is 9.17. The Bertz CT molecular complexity index is 1310. The summed E-state index contributed by atoms with van der Waals surface area (Å²) in [5.74, 6) is -0.786. The van der Waals surface area contributed by atoms with E-state index in [-0.39, 0.29) is 5.75 Å². The summed E-state index contributed by atoms with van der Waals surface area (Å²) in [6, 6.07) is 17.5. The van der Waals surface area contributed by atoms with Crippen LogP contribution in [-0.4, -0.2) is 16.8 Å². The fourth-order valence-electron chi connectivity index (χ4n) is 4.32. The number of ether oxygens (including phenoxy) is 1. The van der Waals surface area contributed by atoms with Gasteiger partial charge in [-0.1, -0.05) is 50.1 Å². The van der Waals surface area contributed by atoms with Crippen molar-refractivity contribution in [3.05, 3.63) is 77.4 Å². The highest BCUT2D eigenvalue weighted by molar-refractivity contribution is 6.18. The molecule has 172 valence electrons. The van der Waals surface area contributed by atoms with Gasteiger partial charge in [-0.3, -0.25) is 4.79 Å². The number of hydrogen-bond acceptors (Lipinski definition) is 2. The Hall–Kier alpha value is -3.48. The lowest BCUT2D eigenvalue weighted by molar-refractivity contribution is -0.274. The molecule has 1 aromatic heterocycles. The number of nitrogens with two attached hydrogens (primary N) is 1. The van der Waals surface area contributed by atoms with E-state index in [0.717, 1.165) is 47.5 Å². The van der Waals surface area contributed by atoms with E-state index in [4.69, 9.17) is 5.73 Å². The van der Waals surface area contributed by atoms with E-state index in [1.807, 2.05) is 16.7 Å². The van der Waals surface area contributed by atoms with Gasteiger partial charge in [0.05, 0.1) is 5.52 Å². The van der Waals surface area contributed by atoms with Crippen LogP contribution in [0, 0.1) is 0 Å². The van der Waals surface area contributed by atoms with Crippen molar-refractivity contribution in [3.8, 4) is 5.75 Å². The Labute approximate surface area is 189 Å². The van der Waals surface area contributed by atoms with Gasteiger partial charge in [0, 0.05) is 28.4 Å². The van der Waals surface area contributed by atoms with Crippen LogP contribution in [0.25, 0.3) is 21.8 Å². The highest BCUT2D eigenvalue weighted by atomic mass is 19.4. The minimum Gasteiger partial charge on any atom is -0.406 e. The van der Waals surface area contributed by atoms with E-state index >= 15 is 0 Å². The van der Waals surface area contributed by atoms with Crippen molar-refractivity contribution in [2.45, 2.75) is 45.5 Å². The highest BCUT2D eigenvalue weighted by Crippen LogP contribution is 2.34. The number of unbranched alkanes of at least 4 members (excludes halogenated alkanes) is 2. The second-order valence-electron chi connectivity index (χ2n) is 8.15. The Morgan fingerprint density at radius 3 is 2.48 bits per heavy atom. The zero-order valence-corrected chi connectivity index (χ0v) is 18.3. The smallest absolute Gasteiger partial charge is 0.406 e. The molecule has 0 spiro atoms. The molecule has 0 saturated carbocycles. The van der Waals surface area contributed by atoms with Crippen molar-refractivity contribution in [2.75, 3.05) is 0 Å². The molecule has 0 aliphatic heterocycles. The fraction of sp³-hybridized carbons (Fsp3) is 0.269. The molecule has 1 heterocycles. The lowest BCUT2D eigenvalue weighted by Crippen LogP contribution is -2.17. The predicted molar refractivity (Wildman–Crippen MR) is 123 cm³/mol. The Kier molecular flexibility index (Phi) is 6.31. The zero-order chi connectivity index (χ0) is 23.6. The number of aromatic nitrogens is 1. The quantitative estimate of drug-likeness (QED) is 0.306. The third-order valence-corrected chi connectivity index (χ3v) is 5.76. The van der Waals surface area contributed by atoms with E-state index in [2.05, 4.69) is 23.8 Å². The Morgan fingerprint density at radius 1 is 0.970 bits per heavy atom. The summed E-state index contributed by atoms with van der Waals surface area (Å²) in [4.78, 5) is 12.1. The lowest BCUT2D eigenvalue weighted by atomic mass is 10.0. The molecule has 0 bridgehead atoms. The molecular formula is C26H25F3N2O2. The summed E-state index contributed by atoms with van der Waals surface area (Å²) in [6.45, 7) is 2.47. The molecule has 0 aliphatic carbocycles. The molecule has 7 heteroatoms. The van der Waals surface area contributed by atoms with Crippen molar-refractivity contribution < 1.29 is 22.7 Å². The van der Waals surface area contributed by atoms with Crippen molar-refractivity contribution in [3.63, 3.8) is 0 Å². The first-order valence-electron chi connectivity index (χ1n) is 10.9. The van der Waals surface area contributed by atoms with E-state index < -0.39 is 12.3 Å². The summed E-state index contributed by atoms with van der Waals surface area (Å²) in [5, 5.41) is 1.64. The first-order valence-corrected chi connectivity index (χ1v) is 10.9. The number of halogens is 3. The van der Waals surface area contributed by atoms with Gasteiger partial charge >= 0.3 is 6.36 Å². The molecule has 0 radical (unpaired) electrons. The normalized spacial score (nSPS) is 11.9. The SMILES string of the molecule is CCCCCc1ccc2c3c(C(N)=O)cccc3n(Cc3cccc(OC(F)(F)F)c3)c2c1. The lowest BCUT2D eigenvalue weighted by Gasteiger charge is -2.12. The highest BCUT2D eigenvalue weighted by Gasteiger charge is 2.31. The molecule has 4 nitrogen and oxygen atoms in total. The molecule has 33 heavy (non-hydrogen) atoms. The summed E-state index contributed by atoms with van der Waals surface area (Å²) in [5.41, 5.74) is 9.61. The van der Waals surface area contributed by atoms with Crippen LogP contribution in [0.5, 0.6) is 5.75 Å². The number of rotatable bonds is 8. The molecule has 4 aromatic rings. The molecule has 3 aromatic carbocycles. The number of alkyl halides is 3. The maximum atomic E-state index is 12.7. The van der Waals surface area contributed by atoms with Gasteiger partial charge in [0.25, 0.3) is 0 Å². The largest absolute Gasteiger partial charge is 0.573 e. The standard InChI is InChI=1S/C26H25F3N2O2/c1-2-3-4-7-17-12-13-20-23(15-17)31(22-11-6-10-21(24(20)22)25(30)32)16-18-8-5-9-19(14-18)33-26(27,28)29/h5-6,8-15H,2-4,7,16H2,1H3,(H2,30,32). The molecule has 0 fully saturated rings. The Morgan fingerprint density at radius 2 is 1.76 bits per heavy atom. The summed E-state index contributed by atoms with van der Waals surface area (Å²) in [6.07, 6.45) is -0.483. The number of carbonyl (C=O) groups is 1. The maximum Gasteiger partial charge on any atom is 0.573 e. The summed E-state index contributed by atoms with van der Waals surface area (Å²) < 4.78 is 44.2. The van der Waals surface area contributed by atoms with Crippen LogP contribution in [0.1, 0.15) is 47.7 Å². The van der Waals surface area contributed by atoms with Crippen molar-refractivity contribution >= 4 is 27.7 Å². The van der Waals surface area contributed by atoms with Crippen molar-refractivity contribution in [1.82, 2.24) is 4.57 Å². The van der Waals surface area contributed by atoms with Gasteiger partial charge in [0.15, 0.2) is 0 Å². The third-order valence-electron chi connectivity index (χ3n) is 5.76. The van der Waals surface area contributed by atoms with Gasteiger partial charge in [-0.2, -0.15) is 0 Å². The third kappa shape index (κ3) is 4.97. The van der Waals surface area contributed by atoms with Crippen molar-refractivity contribution in [2.24, 2.45) is 5.73 Å². The summed E-state index contributed by atoms with van der Waals surface area (Å²) >= 11 is 0. The average molecular weight is 454 g/mol. The van der Waals surface area contributed by atoms with Crippen molar-refractivity contribution in [1.29, 1.82) is 0 Å². The van der Waals surface area contributed by atoms with E-state index in [0.29, 0.717) is 17.7 Å². The molecule has 0 aliphatic rings. The first-order chi connectivity index (χ1) is 15.8. The van der Waals surface area contributed by atoms with Crippen LogP contribution >= 0.6 is 0 Å². The Balaban J connectivity index is 1.84. The maximum absolute atomic E-state index is 12.7. The molecule has 1 amide bonds. The van der Waals surface area contributed by atoms with Gasteiger partial charge in [0.1, 0.15) is 5.75 Å². The molecule has 0 atom stereocenters. The van der Waals surface area contributed by atoms with Gasteiger partial charge in [-0.25, -0.2) is 0 Å². The number of primary amides is 1. The van der Waals surface area contributed by atoms with Crippen LogP contribution in [0.3, 0.4) is 0 Å². The molecule has 0 saturated heterocycles. The molecule has 4 rings (SSSR count). The first kappa shape index (κ1) is 22.7. The number of aryl methyl sites for hydroxylation is 1. The van der Waals surface area contributed by atoms with Crippen LogP contribution in [-0.2, 0) is 13.0 Å². The number of benzene rings is 3. The van der Waals surface area contributed by atoms with E-state index in [9.17, 15) is 18.0 Å². The molecule has 0 unspecified atom stereocenters. The minimum absolute atomic E-state index is 0.265. The number of hydrogen-bond donors (Lipinski definition) is 1. The van der Waals surface area contributed by atoms with Gasteiger partial charge < -0.3 is 15.0 Å². The monoisotopic (exact) mass is 454 g/mol. The number of amides is 1. The average Bonchev–Trinajstić information content (AvgIpc) is 3.06. The predicted octanol–water partition coefficient (Wildman–Crippen LogP) is 6.57. The van der Waals surface area contributed by atoms with E-state index in [1.165, 1.54) is 23.8 Å².